The molecule has 0 fully saturated rings. The fourth-order valence-corrected chi connectivity index (χ4v) is 1.10. The predicted molar refractivity (Wildman–Crippen MR) is 52.6 cm³/mol. The molecule has 4 heteroatoms. The predicted octanol–water partition coefficient (Wildman–Crippen LogP) is -0.355. The molecule has 1 rings (SSSR count). The average Bonchev–Trinajstić information content (AvgIpc) is 1.91. The van der Waals surface area contributed by atoms with Gasteiger partial charge in [-0.2, -0.15) is 0 Å². The van der Waals surface area contributed by atoms with E-state index in [0.717, 1.165) is 0 Å². The summed E-state index contributed by atoms with van der Waals surface area (Å²) in [4.78, 5) is 0. The zero-order valence-corrected chi connectivity index (χ0v) is 7.19. The SMILES string of the molecule is CS[B]c1ccccc1.O.O. The van der Waals surface area contributed by atoms with E-state index in [9.17, 15) is 0 Å². The second-order valence-electron chi connectivity index (χ2n) is 1.76. The molecule has 0 heterocycles. The fourth-order valence-electron chi connectivity index (χ4n) is 0.668. The normalized spacial score (nSPS) is 7.36. The summed E-state index contributed by atoms with van der Waals surface area (Å²) in [5.41, 5.74) is 1.28. The maximum atomic E-state index is 2.12. The summed E-state index contributed by atoms with van der Waals surface area (Å²) >= 11 is 1.73. The molecule has 1 aromatic rings. The molecular weight excluding hydrogens is 159 g/mol. The van der Waals surface area contributed by atoms with Gasteiger partial charge in [-0.05, 0) is 6.26 Å². The number of benzene rings is 1. The molecule has 61 valence electrons. The Hall–Kier alpha value is -0.445. The van der Waals surface area contributed by atoms with Gasteiger partial charge in [0.1, 0.15) is 0 Å². The summed E-state index contributed by atoms with van der Waals surface area (Å²) in [5, 5.41) is 0. The molecule has 0 amide bonds. The Balaban J connectivity index is 0. The third-order valence-electron chi connectivity index (χ3n) is 1.05. The van der Waals surface area contributed by atoms with Crippen molar-refractivity contribution in [3.8, 4) is 0 Å². The van der Waals surface area contributed by atoms with E-state index in [1.54, 1.807) is 11.6 Å². The topological polar surface area (TPSA) is 63.0 Å². The van der Waals surface area contributed by atoms with Gasteiger partial charge in [-0.3, -0.25) is 0 Å². The molecule has 2 nitrogen and oxygen atoms in total. The number of hydrogen-bond acceptors (Lipinski definition) is 1. The lowest BCUT2D eigenvalue weighted by molar-refractivity contribution is 0.823. The Morgan fingerprint density at radius 1 is 1.09 bits per heavy atom. The molecule has 1 aromatic carbocycles. The van der Waals surface area contributed by atoms with Gasteiger partial charge in [0.15, 0.2) is 0 Å². The second-order valence-corrected chi connectivity index (χ2v) is 2.47. The lowest BCUT2D eigenvalue weighted by Gasteiger charge is -1.91. The molecule has 0 spiro atoms. The maximum Gasteiger partial charge on any atom is 0.229 e. The van der Waals surface area contributed by atoms with Gasteiger partial charge in [-0.15, -0.1) is 0 Å². The molecule has 0 aromatic heterocycles. The van der Waals surface area contributed by atoms with E-state index in [1.165, 1.54) is 5.46 Å². The van der Waals surface area contributed by atoms with E-state index in [-0.39, 0.29) is 11.0 Å². The minimum absolute atomic E-state index is 0. The van der Waals surface area contributed by atoms with Crippen LogP contribution in [-0.2, 0) is 0 Å². The molecule has 0 aliphatic rings. The van der Waals surface area contributed by atoms with E-state index in [4.69, 9.17) is 0 Å². The molecule has 0 atom stereocenters. The van der Waals surface area contributed by atoms with E-state index in [0.29, 0.717) is 0 Å². The van der Waals surface area contributed by atoms with Crippen LogP contribution < -0.4 is 5.46 Å². The highest BCUT2D eigenvalue weighted by Gasteiger charge is 1.88. The first kappa shape index (κ1) is 13.2. The quantitative estimate of drug-likeness (QED) is 0.560. The van der Waals surface area contributed by atoms with Gasteiger partial charge in [0.2, 0.25) is 6.56 Å². The van der Waals surface area contributed by atoms with Gasteiger partial charge in [-0.25, -0.2) is 11.6 Å². The standard InChI is InChI=1S/C7H8BS.2H2O/c1-9-8-7-5-3-2-4-6-7;;/h2-6H,1H3;2*1H2. The van der Waals surface area contributed by atoms with Crippen molar-refractivity contribution < 1.29 is 11.0 Å². The van der Waals surface area contributed by atoms with Crippen molar-refractivity contribution in [2.24, 2.45) is 0 Å². The molecule has 0 aliphatic heterocycles. The first-order valence-corrected chi connectivity index (χ1v) is 4.13. The van der Waals surface area contributed by atoms with Crippen LogP contribution in [0.15, 0.2) is 30.3 Å². The van der Waals surface area contributed by atoms with Gasteiger partial charge in [0.25, 0.3) is 0 Å². The number of hydrogen-bond donors (Lipinski definition) is 0. The summed E-state index contributed by atoms with van der Waals surface area (Å²) in [7, 11) is 0. The van der Waals surface area contributed by atoms with Gasteiger partial charge in [0.05, 0.1) is 0 Å². The maximum absolute atomic E-state index is 2.12. The molecule has 0 bridgehead atoms. The van der Waals surface area contributed by atoms with Crippen molar-refractivity contribution in [2.45, 2.75) is 0 Å². The lowest BCUT2D eigenvalue weighted by Crippen LogP contribution is -2.08. The van der Waals surface area contributed by atoms with Gasteiger partial charge in [0, 0.05) is 0 Å². The summed E-state index contributed by atoms with van der Waals surface area (Å²) < 4.78 is 0. The highest BCUT2D eigenvalue weighted by Crippen LogP contribution is 1.88. The van der Waals surface area contributed by atoms with Crippen molar-refractivity contribution >= 4 is 23.6 Å². The Morgan fingerprint density at radius 3 is 2.09 bits per heavy atom. The van der Waals surface area contributed by atoms with Crippen LogP contribution in [0.2, 0.25) is 0 Å². The van der Waals surface area contributed by atoms with Gasteiger partial charge < -0.3 is 11.0 Å². The first-order chi connectivity index (χ1) is 4.43. The third-order valence-corrected chi connectivity index (χ3v) is 1.56. The zero-order chi connectivity index (χ0) is 6.53. The van der Waals surface area contributed by atoms with Crippen LogP contribution in [0.25, 0.3) is 0 Å². The van der Waals surface area contributed by atoms with Gasteiger partial charge >= 0.3 is 0 Å². The molecule has 0 saturated heterocycles. The Labute approximate surface area is 71.8 Å². The van der Waals surface area contributed by atoms with Crippen LogP contribution in [0.3, 0.4) is 0 Å². The largest absolute Gasteiger partial charge is 0.412 e. The summed E-state index contributed by atoms with van der Waals surface area (Å²) in [6.45, 7) is 2.12. The smallest absolute Gasteiger partial charge is 0.229 e. The van der Waals surface area contributed by atoms with E-state index in [2.05, 4.69) is 24.9 Å². The number of rotatable bonds is 2. The lowest BCUT2D eigenvalue weighted by atomic mass is 9.95. The van der Waals surface area contributed by atoms with Crippen molar-refractivity contribution in [2.75, 3.05) is 6.26 Å². The first-order valence-electron chi connectivity index (χ1n) is 2.84. The van der Waals surface area contributed by atoms with Crippen LogP contribution in [0.5, 0.6) is 0 Å². The zero-order valence-electron chi connectivity index (χ0n) is 6.37. The third kappa shape index (κ3) is 4.90. The molecule has 4 N–H and O–H groups in total. The summed E-state index contributed by atoms with van der Waals surface area (Å²) in [6.07, 6.45) is 2.06. The van der Waals surface area contributed by atoms with E-state index < -0.39 is 0 Å². The van der Waals surface area contributed by atoms with Crippen LogP contribution in [0.1, 0.15) is 0 Å². The highest BCUT2D eigenvalue weighted by molar-refractivity contribution is 8.23. The second kappa shape index (κ2) is 7.66. The molecule has 0 aliphatic carbocycles. The summed E-state index contributed by atoms with van der Waals surface area (Å²) in [5.74, 6) is 0. The minimum atomic E-state index is 0. The van der Waals surface area contributed by atoms with Crippen LogP contribution in [0, 0.1) is 0 Å². The Bertz CT molecular complexity index is 169. The van der Waals surface area contributed by atoms with Gasteiger partial charge in [-0.1, -0.05) is 35.8 Å². The molecule has 1 radical (unpaired) electrons. The molecule has 11 heavy (non-hydrogen) atoms. The Kier molecular flexibility index (Phi) is 9.17. The van der Waals surface area contributed by atoms with Crippen molar-refractivity contribution in [3.05, 3.63) is 30.3 Å². The van der Waals surface area contributed by atoms with Crippen LogP contribution in [0.4, 0.5) is 0 Å². The fraction of sp³-hybridized carbons (Fsp3) is 0.143. The van der Waals surface area contributed by atoms with E-state index in [1.807, 2.05) is 18.2 Å². The monoisotopic (exact) mass is 171 g/mol. The molecular formula is C7H12BO2S. The summed E-state index contributed by atoms with van der Waals surface area (Å²) in [6, 6.07) is 10.3. The average molecular weight is 171 g/mol. The van der Waals surface area contributed by atoms with E-state index >= 15 is 0 Å². The van der Waals surface area contributed by atoms with Crippen molar-refractivity contribution in [1.82, 2.24) is 0 Å². The van der Waals surface area contributed by atoms with Crippen LogP contribution in [-0.4, -0.2) is 23.8 Å². The van der Waals surface area contributed by atoms with Crippen LogP contribution >= 0.6 is 11.6 Å². The van der Waals surface area contributed by atoms with Crippen molar-refractivity contribution in [3.63, 3.8) is 0 Å². The Morgan fingerprint density at radius 2 is 1.64 bits per heavy atom. The molecule has 0 saturated carbocycles. The minimum Gasteiger partial charge on any atom is -0.412 e. The highest BCUT2D eigenvalue weighted by atomic mass is 32.2. The van der Waals surface area contributed by atoms with Crippen molar-refractivity contribution in [1.29, 1.82) is 0 Å². The molecule has 0 unspecified atom stereocenters.